The van der Waals surface area contributed by atoms with Crippen LogP contribution in [0.15, 0.2) is 42.5 Å². The van der Waals surface area contributed by atoms with E-state index in [2.05, 4.69) is 0 Å². The summed E-state index contributed by atoms with van der Waals surface area (Å²) in [6.07, 6.45) is 0.169. The Hall–Kier alpha value is -2.79. The number of carbonyl (C=O) groups excluding carboxylic acids is 1. The second kappa shape index (κ2) is 8.04. The molecule has 1 aromatic heterocycles. The zero-order chi connectivity index (χ0) is 23.1. The molecule has 0 aliphatic carbocycles. The molecule has 3 rings (SSSR count). The fourth-order valence-corrected chi connectivity index (χ4v) is 3.78. The molecule has 0 radical (unpaired) electrons. The standard InChI is InChI=1S/C25H28ClNO4/c1-24(2,3)22(29)21-18-12-17(28)10-11-19(18)27(14-15-6-8-16(26)9-7-15)20(21)13-25(4,5)23(30)31/h6-12,28H,13-14H2,1-5H3,(H,30,31). The van der Waals surface area contributed by atoms with Gasteiger partial charge in [0.25, 0.3) is 0 Å². The third kappa shape index (κ3) is 4.62. The van der Waals surface area contributed by atoms with Gasteiger partial charge in [0.15, 0.2) is 5.78 Å². The Balaban J connectivity index is 2.33. The van der Waals surface area contributed by atoms with Gasteiger partial charge in [-0.25, -0.2) is 0 Å². The predicted molar refractivity (Wildman–Crippen MR) is 123 cm³/mol. The van der Waals surface area contributed by atoms with Crippen LogP contribution in [0.3, 0.4) is 0 Å². The maximum Gasteiger partial charge on any atom is 0.309 e. The number of carboxylic acids is 1. The van der Waals surface area contributed by atoms with E-state index in [0.717, 1.165) is 11.1 Å². The number of halogens is 1. The number of aliphatic carboxylic acids is 1. The van der Waals surface area contributed by atoms with Gasteiger partial charge in [-0.2, -0.15) is 0 Å². The first-order valence-corrected chi connectivity index (χ1v) is 10.6. The molecule has 2 aromatic carbocycles. The molecule has 0 aliphatic heterocycles. The highest BCUT2D eigenvalue weighted by atomic mass is 35.5. The van der Waals surface area contributed by atoms with E-state index in [1.54, 1.807) is 44.2 Å². The molecular weight excluding hydrogens is 414 g/mol. The van der Waals surface area contributed by atoms with Crippen LogP contribution >= 0.6 is 11.6 Å². The van der Waals surface area contributed by atoms with Crippen LogP contribution in [0.5, 0.6) is 5.75 Å². The Kier molecular flexibility index (Phi) is 5.94. The normalized spacial score (nSPS) is 12.3. The van der Waals surface area contributed by atoms with E-state index in [4.69, 9.17) is 11.6 Å². The highest BCUT2D eigenvalue weighted by Crippen LogP contribution is 2.37. The van der Waals surface area contributed by atoms with Crippen LogP contribution in [-0.4, -0.2) is 26.5 Å². The van der Waals surface area contributed by atoms with E-state index in [0.29, 0.717) is 28.2 Å². The molecule has 0 atom stereocenters. The van der Waals surface area contributed by atoms with Crippen molar-refractivity contribution in [2.45, 2.75) is 47.6 Å². The molecule has 0 saturated heterocycles. The second-order valence-corrected chi connectivity index (χ2v) is 10.1. The van der Waals surface area contributed by atoms with Crippen molar-refractivity contribution in [3.8, 4) is 5.75 Å². The molecule has 0 aliphatic rings. The van der Waals surface area contributed by atoms with Gasteiger partial charge in [0, 0.05) is 45.6 Å². The molecule has 1 heterocycles. The first kappa shape index (κ1) is 22.9. The molecule has 5 nitrogen and oxygen atoms in total. The number of aromatic nitrogens is 1. The van der Waals surface area contributed by atoms with Gasteiger partial charge >= 0.3 is 5.97 Å². The summed E-state index contributed by atoms with van der Waals surface area (Å²) in [5.74, 6) is -0.968. The molecule has 0 fully saturated rings. The summed E-state index contributed by atoms with van der Waals surface area (Å²) in [5, 5.41) is 21.2. The van der Waals surface area contributed by atoms with E-state index < -0.39 is 16.8 Å². The average molecular weight is 442 g/mol. The van der Waals surface area contributed by atoms with E-state index in [-0.39, 0.29) is 18.0 Å². The van der Waals surface area contributed by atoms with Crippen molar-refractivity contribution >= 4 is 34.3 Å². The van der Waals surface area contributed by atoms with Crippen molar-refractivity contribution in [1.29, 1.82) is 0 Å². The number of benzene rings is 2. The minimum absolute atomic E-state index is 0.0585. The molecule has 0 bridgehead atoms. The molecule has 0 spiro atoms. The molecule has 3 aromatic rings. The zero-order valence-corrected chi connectivity index (χ0v) is 19.2. The van der Waals surface area contributed by atoms with Gasteiger partial charge in [0.05, 0.1) is 5.41 Å². The number of phenolic OH excluding ortho intramolecular Hbond substituents is 1. The highest BCUT2D eigenvalue weighted by Gasteiger charge is 2.35. The number of aromatic hydroxyl groups is 1. The van der Waals surface area contributed by atoms with Crippen molar-refractivity contribution in [3.05, 3.63) is 64.3 Å². The number of hydrogen-bond acceptors (Lipinski definition) is 3. The Morgan fingerprint density at radius 1 is 1.00 bits per heavy atom. The minimum Gasteiger partial charge on any atom is -0.508 e. The average Bonchev–Trinajstić information content (AvgIpc) is 2.93. The third-order valence-corrected chi connectivity index (χ3v) is 5.76. The largest absolute Gasteiger partial charge is 0.508 e. The van der Waals surface area contributed by atoms with E-state index >= 15 is 0 Å². The number of fused-ring (bicyclic) bond motifs is 1. The smallest absolute Gasteiger partial charge is 0.309 e. The maximum absolute atomic E-state index is 13.5. The second-order valence-electron chi connectivity index (χ2n) is 9.68. The Morgan fingerprint density at radius 3 is 2.16 bits per heavy atom. The van der Waals surface area contributed by atoms with Crippen LogP contribution < -0.4 is 0 Å². The fraction of sp³-hybridized carbons (Fsp3) is 0.360. The summed E-state index contributed by atoms with van der Waals surface area (Å²) in [6.45, 7) is 9.28. The molecule has 0 amide bonds. The van der Waals surface area contributed by atoms with Gasteiger partial charge in [-0.05, 0) is 49.7 Å². The van der Waals surface area contributed by atoms with E-state index in [1.807, 2.05) is 37.5 Å². The van der Waals surface area contributed by atoms with E-state index in [9.17, 15) is 19.8 Å². The lowest BCUT2D eigenvalue weighted by Crippen LogP contribution is -2.29. The van der Waals surface area contributed by atoms with Gasteiger partial charge < -0.3 is 14.8 Å². The number of carbonyl (C=O) groups is 2. The van der Waals surface area contributed by atoms with E-state index in [1.165, 1.54) is 0 Å². The van der Waals surface area contributed by atoms with Crippen LogP contribution in [0.2, 0.25) is 5.02 Å². The minimum atomic E-state index is -1.08. The number of hydrogen-bond donors (Lipinski definition) is 2. The van der Waals surface area contributed by atoms with Crippen LogP contribution in [0.25, 0.3) is 10.9 Å². The van der Waals surface area contributed by atoms with Gasteiger partial charge in [-0.3, -0.25) is 9.59 Å². The predicted octanol–water partition coefficient (Wildman–Crippen LogP) is 5.93. The lowest BCUT2D eigenvalue weighted by atomic mass is 9.81. The van der Waals surface area contributed by atoms with Gasteiger partial charge in [-0.1, -0.05) is 44.5 Å². The van der Waals surface area contributed by atoms with Crippen LogP contribution in [-0.2, 0) is 17.8 Å². The SMILES string of the molecule is CC(C)(C)C(=O)c1c(CC(C)(C)C(=O)O)n(Cc2ccc(Cl)cc2)c2ccc(O)cc12. The summed E-state index contributed by atoms with van der Waals surface area (Å²) in [7, 11) is 0. The highest BCUT2D eigenvalue weighted by molar-refractivity contribution is 6.30. The summed E-state index contributed by atoms with van der Waals surface area (Å²) in [5.41, 5.74) is 1.12. The van der Waals surface area contributed by atoms with Crippen molar-refractivity contribution in [1.82, 2.24) is 4.57 Å². The molecule has 164 valence electrons. The maximum atomic E-state index is 13.5. The quantitative estimate of drug-likeness (QED) is 0.464. The van der Waals surface area contributed by atoms with Gasteiger partial charge in [0.1, 0.15) is 5.75 Å². The zero-order valence-electron chi connectivity index (χ0n) is 18.5. The summed E-state index contributed by atoms with van der Waals surface area (Å²) < 4.78 is 1.99. The third-order valence-electron chi connectivity index (χ3n) is 5.51. The molecule has 0 saturated carbocycles. The number of phenols is 1. The lowest BCUT2D eigenvalue weighted by molar-refractivity contribution is -0.146. The fourth-order valence-electron chi connectivity index (χ4n) is 3.65. The van der Waals surface area contributed by atoms with Gasteiger partial charge in [-0.15, -0.1) is 0 Å². The Morgan fingerprint density at radius 2 is 1.61 bits per heavy atom. The number of rotatable bonds is 6. The lowest BCUT2D eigenvalue weighted by Gasteiger charge is -2.24. The molecular formula is C25H28ClNO4. The number of carboxylic acid groups (broad SMARTS) is 1. The molecule has 0 unspecified atom stereocenters. The first-order chi connectivity index (χ1) is 14.3. The first-order valence-electron chi connectivity index (χ1n) is 10.2. The van der Waals surface area contributed by atoms with Crippen molar-refractivity contribution in [3.63, 3.8) is 0 Å². The van der Waals surface area contributed by atoms with Crippen LogP contribution in [0.4, 0.5) is 0 Å². The molecule has 6 heteroatoms. The topological polar surface area (TPSA) is 79.5 Å². The van der Waals surface area contributed by atoms with Crippen LogP contribution in [0.1, 0.15) is 56.2 Å². The molecule has 2 N–H and O–H groups in total. The summed E-state index contributed by atoms with van der Waals surface area (Å²) >= 11 is 6.03. The number of Topliss-reactive ketones (excluding diaryl/α,β-unsaturated/α-hetero) is 1. The number of nitrogens with zero attached hydrogens (tertiary/aromatic N) is 1. The van der Waals surface area contributed by atoms with Crippen molar-refractivity contribution in [2.75, 3.05) is 0 Å². The number of ketones is 1. The van der Waals surface area contributed by atoms with Crippen molar-refractivity contribution in [2.24, 2.45) is 10.8 Å². The Bertz CT molecular complexity index is 1150. The molecule has 31 heavy (non-hydrogen) atoms. The van der Waals surface area contributed by atoms with Crippen molar-refractivity contribution < 1.29 is 19.8 Å². The monoisotopic (exact) mass is 441 g/mol. The Labute approximate surface area is 187 Å². The summed E-state index contributed by atoms with van der Waals surface area (Å²) in [4.78, 5) is 25.4. The van der Waals surface area contributed by atoms with Crippen LogP contribution in [0, 0.1) is 10.8 Å². The van der Waals surface area contributed by atoms with Gasteiger partial charge in [0.2, 0.25) is 0 Å². The summed E-state index contributed by atoms with van der Waals surface area (Å²) in [6, 6.07) is 12.4.